The Kier molecular flexibility index (Phi) is 7.33. The molecule has 1 aliphatic rings. The van der Waals surface area contributed by atoms with Crippen molar-refractivity contribution in [3.63, 3.8) is 0 Å². The lowest BCUT2D eigenvalue weighted by Crippen LogP contribution is -2.34. The van der Waals surface area contributed by atoms with Crippen LogP contribution < -0.4 is 16.3 Å². The summed E-state index contributed by atoms with van der Waals surface area (Å²) in [6.45, 7) is 6.86. The topological polar surface area (TPSA) is 118 Å². The van der Waals surface area contributed by atoms with Gasteiger partial charge in [-0.25, -0.2) is 9.89 Å². The van der Waals surface area contributed by atoms with E-state index in [0.717, 1.165) is 47.0 Å². The van der Waals surface area contributed by atoms with Crippen LogP contribution in [0.4, 0.5) is 5.69 Å². The molecule has 2 heterocycles. The number of ether oxygens (including phenoxy) is 1. The summed E-state index contributed by atoms with van der Waals surface area (Å²) >= 11 is 1.14. The van der Waals surface area contributed by atoms with E-state index >= 15 is 0 Å². The first-order valence-electron chi connectivity index (χ1n) is 9.87. The minimum absolute atomic E-state index is 0.00846. The fourth-order valence-electron chi connectivity index (χ4n) is 3.49. The number of nitrogens with one attached hydrogen (secondary N) is 3. The van der Waals surface area contributed by atoms with E-state index < -0.39 is 0 Å². The Balaban J connectivity index is 1.47. The van der Waals surface area contributed by atoms with Gasteiger partial charge < -0.3 is 15.4 Å². The standard InChI is InChI=1S/C20H27N5O4S/c1-12-7-13(2)18(14(3)8-12)22-16(26)9-21-17(27)11-30-20-24-23-19(28)25(20)10-15-5-4-6-29-15/h7-8,15H,4-6,9-11H2,1-3H3,(H,21,27)(H,22,26)(H,23,28). The molecular formula is C20H27N5O4S. The van der Waals surface area contributed by atoms with Gasteiger partial charge in [0.05, 0.1) is 24.9 Å². The minimum Gasteiger partial charge on any atom is -0.376 e. The average Bonchev–Trinajstić information content (AvgIpc) is 3.32. The fraction of sp³-hybridized carbons (Fsp3) is 0.500. The Morgan fingerprint density at radius 3 is 2.67 bits per heavy atom. The van der Waals surface area contributed by atoms with Crippen molar-refractivity contribution in [2.75, 3.05) is 24.2 Å². The number of rotatable bonds is 8. The number of aromatic nitrogens is 3. The third-order valence-corrected chi connectivity index (χ3v) is 5.83. The van der Waals surface area contributed by atoms with E-state index in [1.165, 1.54) is 4.57 Å². The second kappa shape index (κ2) is 9.94. The summed E-state index contributed by atoms with van der Waals surface area (Å²) in [5, 5.41) is 12.3. The van der Waals surface area contributed by atoms with Crippen molar-refractivity contribution in [2.45, 2.75) is 51.4 Å². The molecule has 3 N–H and O–H groups in total. The van der Waals surface area contributed by atoms with Crippen molar-refractivity contribution in [3.05, 3.63) is 39.3 Å². The average molecular weight is 434 g/mol. The lowest BCUT2D eigenvalue weighted by atomic mass is 10.1. The number of aromatic amines is 1. The summed E-state index contributed by atoms with van der Waals surface area (Å²) in [7, 11) is 0. The second-order valence-electron chi connectivity index (χ2n) is 7.44. The molecule has 0 spiro atoms. The third kappa shape index (κ3) is 5.73. The molecule has 0 bridgehead atoms. The number of H-pyrrole nitrogens is 1. The fourth-order valence-corrected chi connectivity index (χ4v) is 4.27. The van der Waals surface area contributed by atoms with Crippen LogP contribution in [0.2, 0.25) is 0 Å². The molecule has 30 heavy (non-hydrogen) atoms. The molecule has 1 saturated heterocycles. The largest absolute Gasteiger partial charge is 0.376 e. The molecule has 0 radical (unpaired) electrons. The zero-order valence-electron chi connectivity index (χ0n) is 17.4. The van der Waals surface area contributed by atoms with E-state index in [-0.39, 0.29) is 35.9 Å². The molecular weight excluding hydrogens is 406 g/mol. The molecule has 1 unspecified atom stereocenters. The van der Waals surface area contributed by atoms with Crippen molar-refractivity contribution in [1.82, 2.24) is 20.1 Å². The SMILES string of the molecule is Cc1cc(C)c(NC(=O)CNC(=O)CSc2n[nH]c(=O)n2CC2CCCO2)c(C)c1. The molecule has 2 aromatic rings. The Morgan fingerprint density at radius 1 is 1.27 bits per heavy atom. The number of aryl methyl sites for hydroxylation is 3. The molecule has 9 nitrogen and oxygen atoms in total. The highest BCUT2D eigenvalue weighted by Gasteiger charge is 2.20. The predicted octanol–water partition coefficient (Wildman–Crippen LogP) is 1.52. The second-order valence-corrected chi connectivity index (χ2v) is 8.39. The predicted molar refractivity (Wildman–Crippen MR) is 115 cm³/mol. The molecule has 3 rings (SSSR count). The molecule has 0 saturated carbocycles. The summed E-state index contributed by atoms with van der Waals surface area (Å²) in [6.07, 6.45) is 1.87. The normalized spacial score (nSPS) is 15.9. The Hall–Kier alpha value is -2.59. The molecule has 162 valence electrons. The van der Waals surface area contributed by atoms with Crippen LogP contribution in [-0.4, -0.2) is 51.6 Å². The van der Waals surface area contributed by atoms with Gasteiger partial charge in [0.15, 0.2) is 5.16 Å². The number of carbonyl (C=O) groups is 2. The Morgan fingerprint density at radius 2 is 2.00 bits per heavy atom. The van der Waals surface area contributed by atoms with Crippen LogP contribution in [0.5, 0.6) is 0 Å². The van der Waals surface area contributed by atoms with Gasteiger partial charge in [-0.2, -0.15) is 0 Å². The maximum absolute atomic E-state index is 12.2. The first kappa shape index (κ1) is 22.1. The van der Waals surface area contributed by atoms with E-state index in [2.05, 4.69) is 20.8 Å². The molecule has 10 heteroatoms. The third-order valence-electron chi connectivity index (χ3n) is 4.85. The van der Waals surface area contributed by atoms with Gasteiger partial charge in [0, 0.05) is 12.3 Å². The highest BCUT2D eigenvalue weighted by molar-refractivity contribution is 7.99. The van der Waals surface area contributed by atoms with Gasteiger partial charge in [-0.15, -0.1) is 5.10 Å². The van der Waals surface area contributed by atoms with E-state index in [9.17, 15) is 14.4 Å². The first-order valence-corrected chi connectivity index (χ1v) is 10.9. The van der Waals surface area contributed by atoms with Crippen molar-refractivity contribution < 1.29 is 14.3 Å². The van der Waals surface area contributed by atoms with Crippen LogP contribution >= 0.6 is 11.8 Å². The summed E-state index contributed by atoms with van der Waals surface area (Å²) in [5.41, 5.74) is 3.53. The van der Waals surface area contributed by atoms with Gasteiger partial charge in [-0.05, 0) is 44.7 Å². The van der Waals surface area contributed by atoms with Crippen molar-refractivity contribution in [2.24, 2.45) is 0 Å². The molecule has 1 aromatic heterocycles. The van der Waals surface area contributed by atoms with Crippen LogP contribution in [-0.2, 0) is 20.9 Å². The number of anilines is 1. The summed E-state index contributed by atoms with van der Waals surface area (Å²) < 4.78 is 7.05. The number of hydrogen-bond donors (Lipinski definition) is 3. The first-order chi connectivity index (χ1) is 14.3. The van der Waals surface area contributed by atoms with Gasteiger partial charge in [0.25, 0.3) is 0 Å². The van der Waals surface area contributed by atoms with Crippen LogP contribution in [0.15, 0.2) is 22.1 Å². The highest BCUT2D eigenvalue weighted by atomic mass is 32.2. The lowest BCUT2D eigenvalue weighted by Gasteiger charge is -2.13. The minimum atomic E-state index is -0.323. The quantitative estimate of drug-likeness (QED) is 0.543. The van der Waals surface area contributed by atoms with Crippen molar-refractivity contribution in [1.29, 1.82) is 0 Å². The molecule has 1 aromatic carbocycles. The van der Waals surface area contributed by atoms with Gasteiger partial charge in [-0.3, -0.25) is 14.2 Å². The van der Waals surface area contributed by atoms with E-state index in [1.54, 1.807) is 0 Å². The number of hydrogen-bond acceptors (Lipinski definition) is 6. The van der Waals surface area contributed by atoms with Gasteiger partial charge in [0.1, 0.15) is 0 Å². The summed E-state index contributed by atoms with van der Waals surface area (Å²) in [6, 6.07) is 4.00. The smallest absolute Gasteiger partial charge is 0.344 e. The Labute approximate surface area is 179 Å². The van der Waals surface area contributed by atoms with Crippen molar-refractivity contribution >= 4 is 29.3 Å². The number of carbonyl (C=O) groups excluding carboxylic acids is 2. The zero-order valence-corrected chi connectivity index (χ0v) is 18.2. The van der Waals surface area contributed by atoms with Crippen LogP contribution in [0.25, 0.3) is 0 Å². The molecule has 0 aliphatic carbocycles. The molecule has 1 aliphatic heterocycles. The van der Waals surface area contributed by atoms with Crippen LogP contribution in [0, 0.1) is 20.8 Å². The molecule has 2 amide bonds. The van der Waals surface area contributed by atoms with Crippen LogP contribution in [0.1, 0.15) is 29.5 Å². The molecule has 1 atom stereocenters. The zero-order chi connectivity index (χ0) is 21.7. The van der Waals surface area contributed by atoms with E-state index in [0.29, 0.717) is 18.3 Å². The summed E-state index contributed by atoms with van der Waals surface area (Å²) in [4.78, 5) is 36.3. The summed E-state index contributed by atoms with van der Waals surface area (Å²) in [5.74, 6) is -0.559. The van der Waals surface area contributed by atoms with Crippen LogP contribution in [0.3, 0.4) is 0 Å². The number of nitrogens with zero attached hydrogens (tertiary/aromatic N) is 2. The number of amides is 2. The molecule has 1 fully saturated rings. The number of benzene rings is 1. The van der Waals surface area contributed by atoms with E-state index in [1.807, 2.05) is 32.9 Å². The number of thioether (sulfide) groups is 1. The highest BCUT2D eigenvalue weighted by Crippen LogP contribution is 2.21. The maximum Gasteiger partial charge on any atom is 0.344 e. The Bertz CT molecular complexity index is 955. The van der Waals surface area contributed by atoms with Gasteiger partial charge >= 0.3 is 5.69 Å². The maximum atomic E-state index is 12.2. The van der Waals surface area contributed by atoms with Gasteiger partial charge in [-0.1, -0.05) is 29.5 Å². The van der Waals surface area contributed by atoms with E-state index in [4.69, 9.17) is 4.74 Å². The monoisotopic (exact) mass is 433 g/mol. The lowest BCUT2D eigenvalue weighted by molar-refractivity contribution is -0.122. The van der Waals surface area contributed by atoms with Gasteiger partial charge in [0.2, 0.25) is 11.8 Å². The van der Waals surface area contributed by atoms with Crippen molar-refractivity contribution in [3.8, 4) is 0 Å².